The molecule has 2 N–H and O–H groups in total. The molecule has 0 saturated heterocycles. The highest BCUT2D eigenvalue weighted by Gasteiger charge is 2.29. The van der Waals surface area contributed by atoms with Crippen LogP contribution in [0.2, 0.25) is 0 Å². The quantitative estimate of drug-likeness (QED) is 0.805. The van der Waals surface area contributed by atoms with Gasteiger partial charge in [-0.25, -0.2) is 4.39 Å². The number of rotatable bonds is 2. The van der Waals surface area contributed by atoms with Gasteiger partial charge < -0.3 is 10.6 Å². The molecule has 3 rings (SSSR count). The van der Waals surface area contributed by atoms with Gasteiger partial charge in [-0.1, -0.05) is 30.4 Å². The first-order chi connectivity index (χ1) is 10.0. The van der Waals surface area contributed by atoms with Crippen molar-refractivity contribution in [1.29, 1.82) is 0 Å². The van der Waals surface area contributed by atoms with Crippen LogP contribution in [0.1, 0.15) is 18.1 Å². The van der Waals surface area contributed by atoms with Crippen LogP contribution in [0.25, 0.3) is 0 Å². The van der Waals surface area contributed by atoms with Crippen molar-refractivity contribution in [2.45, 2.75) is 19.4 Å². The van der Waals surface area contributed by atoms with Crippen LogP contribution >= 0.6 is 28.1 Å². The molecule has 0 bridgehead atoms. The fourth-order valence-electron chi connectivity index (χ4n) is 2.85. The van der Waals surface area contributed by atoms with E-state index in [2.05, 4.69) is 28.9 Å². The number of nitrogens with zero attached hydrogens (tertiary/aromatic N) is 1. The van der Waals surface area contributed by atoms with E-state index in [4.69, 9.17) is 18.0 Å². The number of halogens is 2. The van der Waals surface area contributed by atoms with Crippen molar-refractivity contribution in [1.82, 2.24) is 0 Å². The van der Waals surface area contributed by atoms with Crippen LogP contribution in [0.15, 0.2) is 40.9 Å². The van der Waals surface area contributed by atoms with Crippen LogP contribution in [0.5, 0.6) is 0 Å². The molecular formula is C16H14BrFN2S. The molecule has 0 amide bonds. The van der Waals surface area contributed by atoms with Gasteiger partial charge in [0, 0.05) is 17.3 Å². The lowest BCUT2D eigenvalue weighted by molar-refractivity contribution is 0.611. The van der Waals surface area contributed by atoms with E-state index in [1.54, 1.807) is 12.1 Å². The van der Waals surface area contributed by atoms with Crippen LogP contribution in [-0.2, 0) is 6.42 Å². The van der Waals surface area contributed by atoms with Crippen molar-refractivity contribution in [2.75, 3.05) is 4.90 Å². The molecule has 0 fully saturated rings. The first-order valence-corrected chi connectivity index (χ1v) is 7.85. The van der Waals surface area contributed by atoms with Gasteiger partial charge in [-0.2, -0.15) is 0 Å². The van der Waals surface area contributed by atoms with E-state index in [-0.39, 0.29) is 16.8 Å². The maximum absolute atomic E-state index is 14.7. The van der Waals surface area contributed by atoms with E-state index < -0.39 is 0 Å². The Morgan fingerprint density at radius 1 is 1.29 bits per heavy atom. The highest BCUT2D eigenvalue weighted by molar-refractivity contribution is 9.10. The number of hydrogen-bond acceptors (Lipinski definition) is 2. The average Bonchev–Trinajstić information content (AvgIpc) is 2.77. The predicted molar refractivity (Wildman–Crippen MR) is 91.7 cm³/mol. The molecule has 0 saturated carbocycles. The topological polar surface area (TPSA) is 29.3 Å². The Morgan fingerprint density at radius 3 is 2.71 bits per heavy atom. The lowest BCUT2D eigenvalue weighted by atomic mass is 10.1. The smallest absolute Gasteiger partial charge is 0.161 e. The maximum atomic E-state index is 14.7. The second-order valence-corrected chi connectivity index (χ2v) is 6.41. The van der Waals surface area contributed by atoms with Crippen molar-refractivity contribution in [3.8, 4) is 0 Å². The number of nitrogens with two attached hydrogens (primary N) is 1. The van der Waals surface area contributed by atoms with E-state index in [0.717, 1.165) is 12.1 Å². The van der Waals surface area contributed by atoms with Gasteiger partial charge in [-0.15, -0.1) is 0 Å². The van der Waals surface area contributed by atoms with Crippen molar-refractivity contribution in [3.63, 3.8) is 0 Å². The minimum absolute atomic E-state index is 0.183. The summed E-state index contributed by atoms with van der Waals surface area (Å²) in [6, 6.07) is 11.8. The van der Waals surface area contributed by atoms with E-state index in [0.29, 0.717) is 15.7 Å². The van der Waals surface area contributed by atoms with Crippen LogP contribution in [-0.4, -0.2) is 11.0 Å². The summed E-state index contributed by atoms with van der Waals surface area (Å²) in [6.45, 7) is 2.09. The molecular weight excluding hydrogens is 351 g/mol. The zero-order valence-electron chi connectivity index (χ0n) is 11.4. The van der Waals surface area contributed by atoms with Gasteiger partial charge in [-0.3, -0.25) is 0 Å². The summed E-state index contributed by atoms with van der Waals surface area (Å²) in [5.41, 5.74) is 8.96. The van der Waals surface area contributed by atoms with Crippen LogP contribution in [0.4, 0.5) is 15.8 Å². The summed E-state index contributed by atoms with van der Waals surface area (Å²) in [5, 5.41) is 0. The minimum Gasteiger partial charge on any atom is -0.389 e. The van der Waals surface area contributed by atoms with Crippen LogP contribution in [0, 0.1) is 5.82 Å². The van der Waals surface area contributed by atoms with Crippen LogP contribution < -0.4 is 10.6 Å². The molecule has 108 valence electrons. The molecule has 1 aliphatic heterocycles. The number of benzene rings is 2. The van der Waals surface area contributed by atoms with Gasteiger partial charge >= 0.3 is 0 Å². The lowest BCUT2D eigenvalue weighted by Crippen LogP contribution is -2.25. The second kappa shape index (κ2) is 5.39. The summed E-state index contributed by atoms with van der Waals surface area (Å²) in [5.74, 6) is -0.330. The molecule has 0 aromatic heterocycles. The molecule has 1 heterocycles. The Hall–Kier alpha value is -1.46. The van der Waals surface area contributed by atoms with E-state index >= 15 is 0 Å². The standard InChI is InChI=1S/C16H14BrFN2S/c1-9-8-10-4-2-3-5-12(10)20(9)13-7-6-11(16(19)21)14(17)15(13)18/h2-7,9H,8H2,1H3,(H2,19,21). The number of anilines is 2. The maximum Gasteiger partial charge on any atom is 0.161 e. The van der Waals surface area contributed by atoms with Gasteiger partial charge in [0.1, 0.15) is 4.99 Å². The SMILES string of the molecule is CC1Cc2ccccc2N1c1ccc(C(N)=S)c(Br)c1F. The number of hydrogen-bond donors (Lipinski definition) is 1. The third-order valence-corrected chi connectivity index (χ3v) is 4.79. The van der Waals surface area contributed by atoms with Crippen LogP contribution in [0.3, 0.4) is 0 Å². The summed E-state index contributed by atoms with van der Waals surface area (Å²) in [7, 11) is 0. The predicted octanol–water partition coefficient (Wildman–Crippen LogP) is 4.31. The zero-order valence-corrected chi connectivity index (χ0v) is 13.8. The third kappa shape index (κ3) is 2.34. The van der Waals surface area contributed by atoms with E-state index in [9.17, 15) is 4.39 Å². The Balaban J connectivity index is 2.14. The largest absolute Gasteiger partial charge is 0.389 e. The fourth-order valence-corrected chi connectivity index (χ4v) is 3.70. The Bertz CT molecular complexity index is 732. The van der Waals surface area contributed by atoms with Gasteiger partial charge in [0.05, 0.1) is 10.2 Å². The third-order valence-electron chi connectivity index (χ3n) is 3.79. The summed E-state index contributed by atoms with van der Waals surface area (Å²) in [4.78, 5) is 2.21. The highest BCUT2D eigenvalue weighted by Crippen LogP contribution is 2.41. The monoisotopic (exact) mass is 364 g/mol. The van der Waals surface area contributed by atoms with Crippen molar-refractivity contribution in [3.05, 3.63) is 57.8 Å². The van der Waals surface area contributed by atoms with Gasteiger partial charge in [0.2, 0.25) is 0 Å². The van der Waals surface area contributed by atoms with Gasteiger partial charge in [0.15, 0.2) is 5.82 Å². The van der Waals surface area contributed by atoms with E-state index in [1.165, 1.54) is 5.56 Å². The first-order valence-electron chi connectivity index (χ1n) is 6.65. The summed E-state index contributed by atoms with van der Waals surface area (Å²) in [6.07, 6.45) is 0.907. The lowest BCUT2D eigenvalue weighted by Gasteiger charge is -2.26. The number of para-hydroxylation sites is 1. The van der Waals surface area contributed by atoms with Crippen molar-refractivity contribution in [2.24, 2.45) is 5.73 Å². The first kappa shape index (κ1) is 14.5. The normalized spacial score (nSPS) is 16.9. The molecule has 1 unspecified atom stereocenters. The highest BCUT2D eigenvalue weighted by atomic mass is 79.9. The van der Waals surface area contributed by atoms with Crippen molar-refractivity contribution < 1.29 is 4.39 Å². The Morgan fingerprint density at radius 2 is 2.00 bits per heavy atom. The number of thiocarbonyl (C=S) groups is 1. The fraction of sp³-hybridized carbons (Fsp3) is 0.188. The number of fused-ring (bicyclic) bond motifs is 1. The molecule has 1 atom stereocenters. The molecule has 1 aliphatic rings. The summed E-state index contributed by atoms with van der Waals surface area (Å²) >= 11 is 8.21. The molecule has 21 heavy (non-hydrogen) atoms. The summed E-state index contributed by atoms with van der Waals surface area (Å²) < 4.78 is 15.1. The minimum atomic E-state index is -0.330. The molecule has 2 aromatic carbocycles. The molecule has 2 aromatic rings. The second-order valence-electron chi connectivity index (χ2n) is 5.18. The Labute approximate surface area is 136 Å². The Kier molecular flexibility index (Phi) is 3.71. The zero-order chi connectivity index (χ0) is 15.1. The average molecular weight is 365 g/mol. The molecule has 0 aliphatic carbocycles. The molecule has 0 spiro atoms. The molecule has 5 heteroatoms. The van der Waals surface area contributed by atoms with Gasteiger partial charge in [-0.05, 0) is 53.0 Å². The van der Waals surface area contributed by atoms with E-state index in [1.807, 2.05) is 23.1 Å². The molecule has 2 nitrogen and oxygen atoms in total. The van der Waals surface area contributed by atoms with Gasteiger partial charge in [0.25, 0.3) is 0 Å². The molecule has 0 radical (unpaired) electrons. The van der Waals surface area contributed by atoms with Crippen molar-refractivity contribution >= 4 is 44.5 Å².